The van der Waals surface area contributed by atoms with Crippen molar-refractivity contribution in [2.24, 2.45) is 0 Å². The van der Waals surface area contributed by atoms with Crippen molar-refractivity contribution in [3.05, 3.63) is 65.7 Å². The highest BCUT2D eigenvalue weighted by molar-refractivity contribution is 9.42. The molecule has 0 aromatic heterocycles. The molecule has 0 spiro atoms. The van der Waals surface area contributed by atoms with Crippen molar-refractivity contribution in [1.82, 2.24) is 0 Å². The summed E-state index contributed by atoms with van der Waals surface area (Å²) in [5.74, 6) is -0.151. The van der Waals surface area contributed by atoms with Crippen LogP contribution in [0, 0.1) is 0 Å². The summed E-state index contributed by atoms with van der Waals surface area (Å²) in [6, 6.07) is 14.6. The molecule has 2 aromatic carbocycles. The molecule has 7 heteroatoms. The SMILES string of the molecule is O=C(c1ccccc1)c1ccc(S(=O)(=O)C(Br)(Br)Br)cc1. The smallest absolute Gasteiger partial charge is 0.239 e. The van der Waals surface area contributed by atoms with E-state index in [1.54, 1.807) is 24.3 Å². The Labute approximate surface area is 148 Å². The Balaban J connectivity index is 2.35. The molecular weight excluding hydrogens is 488 g/mol. The van der Waals surface area contributed by atoms with Gasteiger partial charge in [0.05, 0.1) is 4.90 Å². The van der Waals surface area contributed by atoms with Gasteiger partial charge in [-0.15, -0.1) is 0 Å². The lowest BCUT2D eigenvalue weighted by atomic mass is 10.0. The number of alkyl halides is 3. The minimum Gasteiger partial charge on any atom is -0.289 e. The van der Waals surface area contributed by atoms with E-state index < -0.39 is 11.3 Å². The molecule has 2 aromatic rings. The summed E-state index contributed by atoms with van der Waals surface area (Å²) < 4.78 is 22.9. The number of ketones is 1. The van der Waals surface area contributed by atoms with Gasteiger partial charge in [0.1, 0.15) is 0 Å². The maximum atomic E-state index is 12.2. The summed E-state index contributed by atoms with van der Waals surface area (Å²) in [6.45, 7) is 0. The minimum absolute atomic E-state index is 0.0951. The Morgan fingerprint density at radius 2 is 1.29 bits per heavy atom. The highest BCUT2D eigenvalue weighted by Gasteiger charge is 2.37. The van der Waals surface area contributed by atoms with Crippen LogP contribution in [0.1, 0.15) is 15.9 Å². The Morgan fingerprint density at radius 1 is 0.810 bits per heavy atom. The van der Waals surface area contributed by atoms with Gasteiger partial charge in [-0.3, -0.25) is 4.79 Å². The zero-order chi connectivity index (χ0) is 15.7. The van der Waals surface area contributed by atoms with E-state index in [0.717, 1.165) is 0 Å². The normalized spacial score (nSPS) is 12.1. The molecule has 0 unspecified atom stereocenters. The molecule has 0 radical (unpaired) electrons. The summed E-state index contributed by atoms with van der Waals surface area (Å²) in [6.07, 6.45) is 0. The van der Waals surface area contributed by atoms with Gasteiger partial charge < -0.3 is 0 Å². The maximum Gasteiger partial charge on any atom is 0.239 e. The Kier molecular flexibility index (Phi) is 5.07. The van der Waals surface area contributed by atoms with Crippen molar-refractivity contribution in [3.8, 4) is 0 Å². The van der Waals surface area contributed by atoms with Gasteiger partial charge in [0.2, 0.25) is 11.3 Å². The number of hydrogen-bond donors (Lipinski definition) is 0. The van der Waals surface area contributed by atoms with Crippen molar-refractivity contribution >= 4 is 63.4 Å². The van der Waals surface area contributed by atoms with Crippen molar-refractivity contribution in [2.45, 2.75) is 6.37 Å². The van der Waals surface area contributed by atoms with Crippen molar-refractivity contribution in [2.75, 3.05) is 0 Å². The molecule has 0 N–H and O–H groups in total. The number of sulfone groups is 1. The second kappa shape index (κ2) is 6.32. The molecular formula is C14H9Br3O3S. The Hall–Kier alpha value is -0.500. The molecule has 21 heavy (non-hydrogen) atoms. The topological polar surface area (TPSA) is 51.2 Å². The average molecular weight is 497 g/mol. The molecule has 0 heterocycles. The van der Waals surface area contributed by atoms with Gasteiger partial charge in [-0.25, -0.2) is 8.42 Å². The van der Waals surface area contributed by atoms with Crippen LogP contribution < -0.4 is 0 Å². The van der Waals surface area contributed by atoms with Crippen molar-refractivity contribution < 1.29 is 13.2 Å². The molecule has 0 amide bonds. The monoisotopic (exact) mass is 494 g/mol. The van der Waals surface area contributed by atoms with Crippen molar-refractivity contribution in [3.63, 3.8) is 0 Å². The predicted molar refractivity (Wildman–Crippen MR) is 93.0 cm³/mol. The Bertz CT molecular complexity index is 748. The third-order valence-corrected chi connectivity index (χ3v) is 8.11. The van der Waals surface area contributed by atoms with Crippen LogP contribution in [0.5, 0.6) is 0 Å². The number of carbonyl (C=O) groups is 1. The van der Waals surface area contributed by atoms with E-state index in [1.807, 2.05) is 6.07 Å². The van der Waals surface area contributed by atoms with E-state index in [4.69, 9.17) is 0 Å². The van der Waals surface area contributed by atoms with E-state index in [1.165, 1.54) is 24.3 Å². The highest BCUT2D eigenvalue weighted by atomic mass is 80.0. The lowest BCUT2D eigenvalue weighted by Crippen LogP contribution is -2.17. The number of hydrogen-bond acceptors (Lipinski definition) is 3. The van der Waals surface area contributed by atoms with Crippen LogP contribution in [0.25, 0.3) is 0 Å². The second-order valence-electron chi connectivity index (χ2n) is 4.17. The number of halogens is 3. The van der Waals surface area contributed by atoms with Crippen LogP contribution in [-0.4, -0.2) is 15.7 Å². The van der Waals surface area contributed by atoms with E-state index in [9.17, 15) is 13.2 Å². The Morgan fingerprint density at radius 3 is 1.76 bits per heavy atom. The summed E-state index contributed by atoms with van der Waals surface area (Å²) in [4.78, 5) is 12.3. The largest absolute Gasteiger partial charge is 0.289 e. The first-order chi connectivity index (χ1) is 9.73. The third-order valence-electron chi connectivity index (χ3n) is 2.77. The fraction of sp³-hybridized carbons (Fsp3) is 0.0714. The first-order valence-electron chi connectivity index (χ1n) is 5.74. The molecule has 0 saturated carbocycles. The highest BCUT2D eigenvalue weighted by Crippen LogP contribution is 2.43. The van der Waals surface area contributed by atoms with Crippen LogP contribution in [-0.2, 0) is 9.84 Å². The lowest BCUT2D eigenvalue weighted by Gasteiger charge is -2.13. The van der Waals surface area contributed by atoms with E-state index in [0.29, 0.717) is 11.1 Å². The molecule has 0 bridgehead atoms. The fourth-order valence-electron chi connectivity index (χ4n) is 1.68. The number of carbonyl (C=O) groups excluding carboxylic acids is 1. The van der Waals surface area contributed by atoms with Gasteiger partial charge in [-0.1, -0.05) is 30.3 Å². The van der Waals surface area contributed by atoms with Gasteiger partial charge in [-0.05, 0) is 72.1 Å². The average Bonchev–Trinajstić information content (AvgIpc) is 2.46. The quantitative estimate of drug-likeness (QED) is 0.465. The van der Waals surface area contributed by atoms with Gasteiger partial charge in [-0.2, -0.15) is 0 Å². The van der Waals surface area contributed by atoms with Crippen LogP contribution in [0.4, 0.5) is 0 Å². The van der Waals surface area contributed by atoms with Gasteiger partial charge in [0.25, 0.3) is 0 Å². The first kappa shape index (κ1) is 16.9. The zero-order valence-electron chi connectivity index (χ0n) is 10.5. The molecule has 3 nitrogen and oxygen atoms in total. The fourth-order valence-corrected chi connectivity index (χ4v) is 4.12. The van der Waals surface area contributed by atoms with Crippen molar-refractivity contribution in [1.29, 1.82) is 0 Å². The molecule has 110 valence electrons. The van der Waals surface area contributed by atoms with E-state index in [2.05, 4.69) is 47.8 Å². The van der Waals surface area contributed by atoms with E-state index >= 15 is 0 Å². The molecule has 0 aliphatic rings. The van der Waals surface area contributed by atoms with Crippen LogP contribution >= 0.6 is 47.8 Å². The molecule has 0 aliphatic heterocycles. The first-order valence-corrected chi connectivity index (χ1v) is 9.61. The standard InChI is InChI=1S/C14H9Br3O3S/c15-14(16,17)21(19,20)12-8-6-11(7-9-12)13(18)10-4-2-1-3-5-10/h1-9H. The molecule has 0 atom stereocenters. The minimum atomic E-state index is -3.64. The summed E-state index contributed by atoms with van der Waals surface area (Å²) in [5.41, 5.74) is 0.994. The molecule has 2 rings (SSSR count). The van der Waals surface area contributed by atoms with Crippen LogP contribution in [0.15, 0.2) is 59.5 Å². The number of rotatable bonds is 3. The second-order valence-corrected chi connectivity index (χ2v) is 14.6. The molecule has 0 aliphatic carbocycles. The van der Waals surface area contributed by atoms with E-state index in [-0.39, 0.29) is 10.7 Å². The summed E-state index contributed by atoms with van der Waals surface area (Å²) in [5, 5.41) is 0. The van der Waals surface area contributed by atoms with Crippen LogP contribution in [0.2, 0.25) is 0 Å². The molecule has 0 fully saturated rings. The third kappa shape index (κ3) is 3.64. The van der Waals surface area contributed by atoms with Gasteiger partial charge in [0, 0.05) is 11.1 Å². The molecule has 0 saturated heterocycles. The summed E-state index contributed by atoms with van der Waals surface area (Å²) in [7, 11) is -3.64. The van der Waals surface area contributed by atoms with Gasteiger partial charge in [0.15, 0.2) is 5.78 Å². The summed E-state index contributed by atoms with van der Waals surface area (Å²) >= 11 is 9.00. The maximum absolute atomic E-state index is 12.2. The predicted octanol–water partition coefficient (Wildman–Crippen LogP) is 4.49. The zero-order valence-corrected chi connectivity index (χ0v) is 16.0. The number of benzene rings is 2. The van der Waals surface area contributed by atoms with Crippen LogP contribution in [0.3, 0.4) is 0 Å². The van der Waals surface area contributed by atoms with Gasteiger partial charge >= 0.3 is 0 Å². The lowest BCUT2D eigenvalue weighted by molar-refractivity contribution is 0.103.